The first-order chi connectivity index (χ1) is 13.4. The van der Waals surface area contributed by atoms with Gasteiger partial charge in [0.25, 0.3) is 0 Å². The number of aryl methyl sites for hydroxylation is 1. The largest absolute Gasteiger partial charge is 0.360 e. The molecule has 144 valence electrons. The molecule has 2 aromatic rings. The highest BCUT2D eigenvalue weighted by molar-refractivity contribution is 6.31. The third-order valence-electron chi connectivity index (χ3n) is 5.48. The fourth-order valence-electron chi connectivity index (χ4n) is 4.27. The zero-order valence-electron chi connectivity index (χ0n) is 14.7. The van der Waals surface area contributed by atoms with Crippen LogP contribution in [0.1, 0.15) is 5.76 Å². The highest BCUT2D eigenvalue weighted by Gasteiger charge is 2.67. The third-order valence-corrected chi connectivity index (χ3v) is 5.77. The number of aromatic nitrogens is 1. The lowest BCUT2D eigenvalue weighted by molar-refractivity contribution is -0.128. The summed E-state index contributed by atoms with van der Waals surface area (Å²) >= 11 is 5.78. The number of amides is 2. The molecular weight excluding hydrogens is 389 g/mol. The molecule has 0 radical (unpaired) electrons. The van der Waals surface area contributed by atoms with Gasteiger partial charge >= 0.3 is 0 Å². The number of nitrogens with zero attached hydrogens (tertiary/aromatic N) is 2. The lowest BCUT2D eigenvalue weighted by Gasteiger charge is -2.23. The summed E-state index contributed by atoms with van der Waals surface area (Å²) in [6.45, 7) is 2.00. The number of carbonyl (C=O) groups is 2. The van der Waals surface area contributed by atoms with Crippen molar-refractivity contribution in [3.05, 3.63) is 53.0 Å². The van der Waals surface area contributed by atoms with Crippen LogP contribution in [0.15, 0.2) is 40.9 Å². The van der Waals surface area contributed by atoms with Crippen molar-refractivity contribution in [3.63, 3.8) is 0 Å². The van der Waals surface area contributed by atoms with Gasteiger partial charge in [-0.25, -0.2) is 4.39 Å². The van der Waals surface area contributed by atoms with E-state index >= 15 is 0 Å². The van der Waals surface area contributed by atoms with Gasteiger partial charge in [-0.15, -0.1) is 0 Å². The molecule has 0 aliphatic carbocycles. The van der Waals surface area contributed by atoms with E-state index < -0.39 is 29.4 Å². The number of rotatable bonds is 3. The van der Waals surface area contributed by atoms with Gasteiger partial charge in [0.15, 0.2) is 5.82 Å². The quantitative estimate of drug-likeness (QED) is 0.796. The van der Waals surface area contributed by atoms with Crippen LogP contribution in [0.4, 0.5) is 15.9 Å². The normalized spacial score (nSPS) is 30.2. The maximum Gasteiger partial charge on any atom is 0.235 e. The van der Waals surface area contributed by atoms with Crippen molar-refractivity contribution in [2.24, 2.45) is 11.8 Å². The van der Waals surface area contributed by atoms with E-state index in [1.54, 1.807) is 13.0 Å². The first kappa shape index (κ1) is 17.4. The second-order valence-electron chi connectivity index (χ2n) is 7.24. The molecule has 4 heterocycles. The molecule has 5 rings (SSSR count). The van der Waals surface area contributed by atoms with Crippen LogP contribution < -0.4 is 10.2 Å². The van der Waals surface area contributed by atoms with E-state index in [9.17, 15) is 14.0 Å². The Kier molecular flexibility index (Phi) is 3.66. The Morgan fingerprint density at radius 2 is 2.25 bits per heavy atom. The summed E-state index contributed by atoms with van der Waals surface area (Å²) in [5.41, 5.74) is -0.511. The number of hydrogen-bond acceptors (Lipinski definition) is 5. The predicted octanol–water partition coefficient (Wildman–Crippen LogP) is 2.70. The number of halogens is 2. The summed E-state index contributed by atoms with van der Waals surface area (Å²) < 4.78 is 24.5. The van der Waals surface area contributed by atoms with Gasteiger partial charge in [-0.05, 0) is 25.1 Å². The van der Waals surface area contributed by atoms with E-state index in [2.05, 4.69) is 10.5 Å². The second kappa shape index (κ2) is 5.89. The summed E-state index contributed by atoms with van der Waals surface area (Å²) in [5, 5.41) is 6.53. The molecule has 2 amide bonds. The summed E-state index contributed by atoms with van der Waals surface area (Å²) in [4.78, 5) is 27.6. The van der Waals surface area contributed by atoms with Gasteiger partial charge in [-0.2, -0.15) is 0 Å². The van der Waals surface area contributed by atoms with Gasteiger partial charge < -0.3 is 14.6 Å². The highest BCUT2D eigenvalue weighted by Crippen LogP contribution is 2.52. The summed E-state index contributed by atoms with van der Waals surface area (Å²) in [6, 6.07) is 5.59. The van der Waals surface area contributed by atoms with Crippen LogP contribution in [-0.2, 0) is 14.3 Å². The van der Waals surface area contributed by atoms with Crippen LogP contribution in [0, 0.1) is 24.6 Å². The summed E-state index contributed by atoms with van der Waals surface area (Å²) in [6.07, 6.45) is 3.17. The van der Waals surface area contributed by atoms with Crippen molar-refractivity contribution in [1.82, 2.24) is 5.16 Å². The lowest BCUT2D eigenvalue weighted by Crippen LogP contribution is -2.41. The van der Waals surface area contributed by atoms with E-state index in [1.165, 1.54) is 23.1 Å². The van der Waals surface area contributed by atoms with Gasteiger partial charge in [0.05, 0.1) is 29.5 Å². The predicted molar refractivity (Wildman–Crippen MR) is 97.4 cm³/mol. The number of nitrogens with one attached hydrogen (secondary N) is 1. The van der Waals surface area contributed by atoms with Crippen LogP contribution in [0.2, 0.25) is 5.02 Å². The Morgan fingerprint density at radius 1 is 1.43 bits per heavy atom. The molecule has 1 N–H and O–H groups in total. The third kappa shape index (κ3) is 2.41. The zero-order chi connectivity index (χ0) is 19.6. The van der Waals surface area contributed by atoms with E-state index in [-0.39, 0.29) is 23.4 Å². The fourth-order valence-corrected chi connectivity index (χ4v) is 4.45. The van der Waals surface area contributed by atoms with E-state index in [0.29, 0.717) is 17.3 Å². The minimum atomic E-state index is -0.864. The molecule has 3 unspecified atom stereocenters. The monoisotopic (exact) mass is 403 g/mol. The average Bonchev–Trinajstić information content (AvgIpc) is 3.39. The van der Waals surface area contributed by atoms with Gasteiger partial charge in [-0.3, -0.25) is 14.5 Å². The maximum absolute atomic E-state index is 13.4. The van der Waals surface area contributed by atoms with Crippen molar-refractivity contribution in [1.29, 1.82) is 0 Å². The highest BCUT2D eigenvalue weighted by atomic mass is 35.5. The van der Waals surface area contributed by atoms with E-state index in [1.807, 2.05) is 12.2 Å². The molecular formula is C19H15ClFN3O4. The van der Waals surface area contributed by atoms with Crippen molar-refractivity contribution in [3.8, 4) is 0 Å². The van der Waals surface area contributed by atoms with Crippen LogP contribution >= 0.6 is 11.6 Å². The van der Waals surface area contributed by atoms with Crippen LogP contribution in [0.3, 0.4) is 0 Å². The van der Waals surface area contributed by atoms with E-state index in [4.69, 9.17) is 20.9 Å². The maximum atomic E-state index is 13.4. The number of fused-ring (bicyclic) bond motifs is 1. The first-order valence-electron chi connectivity index (χ1n) is 8.76. The minimum Gasteiger partial charge on any atom is -0.360 e. The van der Waals surface area contributed by atoms with Crippen molar-refractivity contribution < 1.29 is 23.2 Å². The Bertz CT molecular complexity index is 1040. The van der Waals surface area contributed by atoms with Crippen molar-refractivity contribution in [2.75, 3.05) is 16.8 Å². The zero-order valence-corrected chi connectivity index (χ0v) is 15.4. The van der Waals surface area contributed by atoms with Crippen LogP contribution in [-0.4, -0.2) is 35.2 Å². The number of anilines is 2. The number of hydrogen-bond donors (Lipinski definition) is 1. The molecule has 1 spiro atoms. The molecule has 9 heteroatoms. The molecule has 2 bridgehead atoms. The van der Waals surface area contributed by atoms with Crippen LogP contribution in [0.25, 0.3) is 0 Å². The molecule has 4 atom stereocenters. The number of carbonyl (C=O) groups excluding carboxylic acids is 2. The fraction of sp³-hybridized carbons (Fsp3) is 0.316. The number of benzene rings is 1. The first-order valence-corrected chi connectivity index (χ1v) is 9.13. The molecule has 1 aromatic carbocycles. The summed E-state index contributed by atoms with van der Waals surface area (Å²) in [5.74, 6) is -1.59. The standard InChI is InChI=1S/C19H15ClFN3O4/c1-9-6-14(23-28-9)24-8-19-5-4-13(27-19)15(16(19)18(24)26)17(25)22-10-2-3-12(21)11(20)7-10/h2-7,13,15-16H,8H2,1H3,(H,22,25)/t13?,15?,16?,19-/m0/s1. The Hall–Kier alpha value is -2.71. The average molecular weight is 404 g/mol. The molecule has 3 aliphatic rings. The Morgan fingerprint density at radius 3 is 2.96 bits per heavy atom. The SMILES string of the molecule is Cc1cc(N2C[C@]34C=CC(O3)C(C(=O)Nc3ccc(F)c(Cl)c3)C4C2=O)no1. The molecule has 2 fully saturated rings. The van der Waals surface area contributed by atoms with Crippen molar-refractivity contribution >= 4 is 34.9 Å². The molecule has 2 saturated heterocycles. The van der Waals surface area contributed by atoms with Crippen LogP contribution in [0.5, 0.6) is 0 Å². The molecule has 7 nitrogen and oxygen atoms in total. The van der Waals surface area contributed by atoms with Gasteiger partial charge in [0, 0.05) is 11.8 Å². The van der Waals surface area contributed by atoms with Crippen molar-refractivity contribution in [2.45, 2.75) is 18.6 Å². The molecule has 0 saturated carbocycles. The lowest BCUT2D eigenvalue weighted by atomic mass is 9.77. The molecule has 1 aromatic heterocycles. The van der Waals surface area contributed by atoms with E-state index in [0.717, 1.165) is 0 Å². The summed E-state index contributed by atoms with van der Waals surface area (Å²) in [7, 11) is 0. The molecule has 28 heavy (non-hydrogen) atoms. The molecule has 3 aliphatic heterocycles. The van der Waals surface area contributed by atoms with Gasteiger partial charge in [0.2, 0.25) is 11.8 Å². The number of ether oxygens (including phenoxy) is 1. The van der Waals surface area contributed by atoms with Gasteiger partial charge in [-0.1, -0.05) is 28.9 Å². The topological polar surface area (TPSA) is 84.7 Å². The second-order valence-corrected chi connectivity index (χ2v) is 7.65. The minimum absolute atomic E-state index is 0.0946. The smallest absolute Gasteiger partial charge is 0.235 e. The Labute approximate surface area is 164 Å². The Balaban J connectivity index is 1.43. The van der Waals surface area contributed by atoms with Gasteiger partial charge in [0.1, 0.15) is 17.2 Å².